The number of ketones is 1. The van der Waals surface area contributed by atoms with Crippen LogP contribution in [0, 0.1) is 0 Å². The third-order valence-corrected chi connectivity index (χ3v) is 4.71. The number of carbonyl (C=O) groups excluding carboxylic acids is 1. The van der Waals surface area contributed by atoms with Crippen molar-refractivity contribution >= 4 is 28.9 Å². The SMILES string of the molecule is C=C1N(C)c2ccc(C(=O)CSCCCC)cc2N1C. The maximum absolute atomic E-state index is 12.2. The van der Waals surface area contributed by atoms with Gasteiger partial charge in [-0.05, 0) is 30.4 Å². The third-order valence-electron chi connectivity index (χ3n) is 3.67. The van der Waals surface area contributed by atoms with Gasteiger partial charge in [-0.3, -0.25) is 4.79 Å². The van der Waals surface area contributed by atoms with Crippen molar-refractivity contribution in [2.45, 2.75) is 19.8 Å². The van der Waals surface area contributed by atoms with Crippen LogP contribution in [0.4, 0.5) is 11.4 Å². The van der Waals surface area contributed by atoms with Crippen molar-refractivity contribution in [1.29, 1.82) is 0 Å². The molecule has 0 radical (unpaired) electrons. The topological polar surface area (TPSA) is 23.6 Å². The predicted octanol–water partition coefficient (Wildman–Crippen LogP) is 3.76. The molecule has 3 nitrogen and oxygen atoms in total. The molecule has 2 rings (SSSR count). The third kappa shape index (κ3) is 2.85. The molecule has 0 unspecified atom stereocenters. The van der Waals surface area contributed by atoms with Crippen LogP contribution < -0.4 is 9.80 Å². The maximum atomic E-state index is 12.2. The first-order chi connectivity index (χ1) is 9.56. The highest BCUT2D eigenvalue weighted by Gasteiger charge is 2.25. The second-order valence-electron chi connectivity index (χ2n) is 5.07. The van der Waals surface area contributed by atoms with E-state index in [1.165, 1.54) is 12.8 Å². The van der Waals surface area contributed by atoms with Gasteiger partial charge in [0, 0.05) is 19.7 Å². The minimum atomic E-state index is 0.211. The summed E-state index contributed by atoms with van der Waals surface area (Å²) < 4.78 is 0. The standard InChI is InChI=1S/C16H22N2OS/c1-5-6-9-20-11-16(19)13-7-8-14-15(10-13)18(4)12(2)17(14)3/h7-8,10H,2,5-6,9,11H2,1,3-4H3. The second kappa shape index (κ2) is 6.35. The van der Waals surface area contributed by atoms with Crippen LogP contribution in [0.5, 0.6) is 0 Å². The van der Waals surface area contributed by atoms with Gasteiger partial charge in [-0.1, -0.05) is 19.9 Å². The number of hydrogen-bond acceptors (Lipinski definition) is 4. The van der Waals surface area contributed by atoms with E-state index in [1.807, 2.05) is 42.1 Å². The largest absolute Gasteiger partial charge is 0.330 e. The van der Waals surface area contributed by atoms with Gasteiger partial charge in [-0.15, -0.1) is 0 Å². The molecule has 4 heteroatoms. The highest BCUT2D eigenvalue weighted by Crippen LogP contribution is 2.39. The van der Waals surface area contributed by atoms with Crippen LogP contribution in [0.25, 0.3) is 0 Å². The number of thioether (sulfide) groups is 1. The molecular formula is C16H22N2OS. The first kappa shape index (κ1) is 15.0. The molecule has 0 saturated carbocycles. The van der Waals surface area contributed by atoms with E-state index < -0.39 is 0 Å². The number of unbranched alkanes of at least 4 members (excludes halogenated alkanes) is 1. The van der Waals surface area contributed by atoms with Crippen LogP contribution in [0.1, 0.15) is 30.1 Å². The van der Waals surface area contributed by atoms with Crippen molar-refractivity contribution in [2.75, 3.05) is 35.4 Å². The molecule has 0 saturated heterocycles. The minimum absolute atomic E-state index is 0.211. The summed E-state index contributed by atoms with van der Waals surface area (Å²) in [5.74, 6) is 2.77. The van der Waals surface area contributed by atoms with Crippen LogP contribution in [0.15, 0.2) is 30.6 Å². The van der Waals surface area contributed by atoms with Gasteiger partial charge < -0.3 is 9.80 Å². The molecule has 108 valence electrons. The van der Waals surface area contributed by atoms with E-state index in [4.69, 9.17) is 0 Å². The van der Waals surface area contributed by atoms with Crippen LogP contribution >= 0.6 is 11.8 Å². The van der Waals surface area contributed by atoms with Crippen molar-refractivity contribution in [1.82, 2.24) is 0 Å². The Morgan fingerprint density at radius 3 is 2.65 bits per heavy atom. The zero-order valence-electron chi connectivity index (χ0n) is 12.5. The van der Waals surface area contributed by atoms with Gasteiger partial charge in [0.15, 0.2) is 5.78 Å². The lowest BCUT2D eigenvalue weighted by Gasteiger charge is -2.15. The molecular weight excluding hydrogens is 268 g/mol. The summed E-state index contributed by atoms with van der Waals surface area (Å²) in [4.78, 5) is 16.3. The molecule has 1 aromatic carbocycles. The van der Waals surface area contributed by atoms with Crippen LogP contribution in [-0.2, 0) is 0 Å². The molecule has 0 spiro atoms. The summed E-state index contributed by atoms with van der Waals surface area (Å²) in [5, 5.41) is 0. The van der Waals surface area contributed by atoms with E-state index in [2.05, 4.69) is 13.5 Å². The quantitative estimate of drug-likeness (QED) is 0.588. The monoisotopic (exact) mass is 290 g/mol. The van der Waals surface area contributed by atoms with E-state index in [-0.39, 0.29) is 5.78 Å². The summed E-state index contributed by atoms with van der Waals surface area (Å²) in [6.45, 7) is 6.21. The number of Topliss-reactive ketones (excluding diaryl/α,β-unsaturated/α-hetero) is 1. The highest BCUT2D eigenvalue weighted by molar-refractivity contribution is 7.99. The number of carbonyl (C=O) groups is 1. The molecule has 0 bridgehead atoms. The van der Waals surface area contributed by atoms with Gasteiger partial charge in [0.05, 0.1) is 17.1 Å². The molecule has 0 N–H and O–H groups in total. The zero-order chi connectivity index (χ0) is 14.7. The number of hydrogen-bond donors (Lipinski definition) is 0. The fourth-order valence-electron chi connectivity index (χ4n) is 2.25. The summed E-state index contributed by atoms with van der Waals surface area (Å²) in [6, 6.07) is 5.91. The second-order valence-corrected chi connectivity index (χ2v) is 6.17. The molecule has 0 aliphatic carbocycles. The lowest BCUT2D eigenvalue weighted by Crippen LogP contribution is -2.20. The number of fused-ring (bicyclic) bond motifs is 1. The summed E-state index contributed by atoms with van der Waals surface area (Å²) in [6.07, 6.45) is 2.36. The van der Waals surface area contributed by atoms with Crippen LogP contribution in [0.3, 0.4) is 0 Å². The summed E-state index contributed by atoms with van der Waals surface area (Å²) in [7, 11) is 3.97. The highest BCUT2D eigenvalue weighted by atomic mass is 32.2. The van der Waals surface area contributed by atoms with E-state index in [0.717, 1.165) is 28.5 Å². The van der Waals surface area contributed by atoms with Crippen molar-refractivity contribution < 1.29 is 4.79 Å². The Hall–Kier alpha value is -1.42. The van der Waals surface area contributed by atoms with Crippen LogP contribution in [-0.4, -0.2) is 31.4 Å². The molecule has 1 aliphatic heterocycles. The van der Waals surface area contributed by atoms with Gasteiger partial charge in [-0.25, -0.2) is 0 Å². The van der Waals surface area contributed by atoms with E-state index in [9.17, 15) is 4.79 Å². The molecule has 0 amide bonds. The van der Waals surface area contributed by atoms with Gasteiger partial charge in [-0.2, -0.15) is 11.8 Å². The fraction of sp³-hybridized carbons (Fsp3) is 0.438. The van der Waals surface area contributed by atoms with Crippen molar-refractivity contribution in [3.63, 3.8) is 0 Å². The molecule has 1 aliphatic rings. The van der Waals surface area contributed by atoms with Gasteiger partial charge >= 0.3 is 0 Å². The molecule has 0 atom stereocenters. The van der Waals surface area contributed by atoms with Crippen molar-refractivity contribution in [2.24, 2.45) is 0 Å². The normalized spacial score (nSPS) is 13.8. The lowest BCUT2D eigenvalue weighted by atomic mass is 10.1. The first-order valence-electron chi connectivity index (χ1n) is 6.97. The Morgan fingerprint density at radius 1 is 1.25 bits per heavy atom. The number of nitrogens with zero attached hydrogens (tertiary/aromatic N) is 2. The van der Waals surface area contributed by atoms with Crippen LogP contribution in [0.2, 0.25) is 0 Å². The molecule has 1 aromatic rings. The summed E-state index contributed by atoms with van der Waals surface area (Å²) >= 11 is 1.72. The van der Waals surface area contributed by atoms with Crippen molar-refractivity contribution in [3.05, 3.63) is 36.2 Å². The number of anilines is 2. The molecule has 20 heavy (non-hydrogen) atoms. The maximum Gasteiger partial charge on any atom is 0.172 e. The molecule has 0 aromatic heterocycles. The Bertz CT molecular complexity index is 527. The zero-order valence-corrected chi connectivity index (χ0v) is 13.3. The van der Waals surface area contributed by atoms with Gasteiger partial charge in [0.2, 0.25) is 0 Å². The first-order valence-corrected chi connectivity index (χ1v) is 8.13. The number of benzene rings is 1. The molecule has 1 heterocycles. The Labute approximate surface area is 125 Å². The number of rotatable bonds is 6. The Morgan fingerprint density at radius 2 is 1.95 bits per heavy atom. The Balaban J connectivity index is 2.08. The average molecular weight is 290 g/mol. The van der Waals surface area contributed by atoms with Gasteiger partial charge in [0.1, 0.15) is 5.82 Å². The predicted molar refractivity (Wildman–Crippen MR) is 89.0 cm³/mol. The van der Waals surface area contributed by atoms with E-state index in [1.54, 1.807) is 11.8 Å². The average Bonchev–Trinajstić information content (AvgIpc) is 2.68. The lowest BCUT2D eigenvalue weighted by molar-refractivity contribution is 0.102. The summed E-state index contributed by atoms with van der Waals surface area (Å²) in [5.41, 5.74) is 2.96. The van der Waals surface area contributed by atoms with Crippen molar-refractivity contribution in [3.8, 4) is 0 Å². The van der Waals surface area contributed by atoms with E-state index in [0.29, 0.717) is 5.75 Å². The van der Waals surface area contributed by atoms with Gasteiger partial charge in [0.25, 0.3) is 0 Å². The fourth-order valence-corrected chi connectivity index (χ4v) is 3.24. The smallest absolute Gasteiger partial charge is 0.172 e. The molecule has 0 fully saturated rings. The minimum Gasteiger partial charge on any atom is -0.330 e. The Kier molecular flexibility index (Phi) is 4.76. The van der Waals surface area contributed by atoms with E-state index >= 15 is 0 Å².